The topological polar surface area (TPSA) is 104 Å². The van der Waals surface area contributed by atoms with E-state index in [4.69, 9.17) is 11.6 Å². The number of aromatic nitrogens is 2. The Morgan fingerprint density at radius 3 is 2.58 bits per heavy atom. The average molecular weight is 444 g/mol. The third kappa shape index (κ3) is 5.79. The van der Waals surface area contributed by atoms with Crippen LogP contribution in [0.5, 0.6) is 0 Å². The number of amides is 3. The van der Waals surface area contributed by atoms with Gasteiger partial charge in [-0.2, -0.15) is 0 Å². The fraction of sp³-hybridized carbons (Fsp3) is 0.409. The van der Waals surface area contributed by atoms with Gasteiger partial charge in [-0.1, -0.05) is 32.4 Å². The summed E-state index contributed by atoms with van der Waals surface area (Å²) in [5.74, 6) is -0.602. The number of pyridine rings is 2. The SMILES string of the molecule is CC(C)(C)C(=O)Nc1ccncc1C(=O)N1CCC[C@@H](C(=O)Nc2ccc(Cl)cn2)C1. The molecular weight excluding hydrogens is 418 g/mol. The number of halogens is 1. The molecule has 0 unspecified atom stereocenters. The summed E-state index contributed by atoms with van der Waals surface area (Å²) in [5.41, 5.74) is 0.116. The lowest BCUT2D eigenvalue weighted by Gasteiger charge is -2.32. The minimum Gasteiger partial charge on any atom is -0.338 e. The lowest BCUT2D eigenvalue weighted by atomic mass is 9.95. The van der Waals surface area contributed by atoms with E-state index in [1.807, 2.05) is 0 Å². The van der Waals surface area contributed by atoms with Crippen LogP contribution < -0.4 is 10.6 Å². The van der Waals surface area contributed by atoms with Gasteiger partial charge in [0.25, 0.3) is 5.91 Å². The van der Waals surface area contributed by atoms with Crippen LogP contribution >= 0.6 is 11.6 Å². The van der Waals surface area contributed by atoms with E-state index in [1.165, 1.54) is 18.6 Å². The molecule has 3 rings (SSSR count). The highest BCUT2D eigenvalue weighted by molar-refractivity contribution is 6.30. The Hall–Kier alpha value is -3.00. The molecule has 0 radical (unpaired) electrons. The van der Waals surface area contributed by atoms with Gasteiger partial charge < -0.3 is 15.5 Å². The highest BCUT2D eigenvalue weighted by Crippen LogP contribution is 2.24. The second-order valence-corrected chi connectivity index (χ2v) is 9.00. The van der Waals surface area contributed by atoms with Crippen LogP contribution in [0.4, 0.5) is 11.5 Å². The van der Waals surface area contributed by atoms with E-state index >= 15 is 0 Å². The zero-order valence-corrected chi connectivity index (χ0v) is 18.6. The largest absolute Gasteiger partial charge is 0.338 e. The molecule has 1 saturated heterocycles. The van der Waals surface area contributed by atoms with E-state index < -0.39 is 5.41 Å². The number of rotatable bonds is 4. The molecule has 1 atom stereocenters. The average Bonchev–Trinajstić information content (AvgIpc) is 2.74. The van der Waals surface area contributed by atoms with E-state index in [1.54, 1.807) is 43.9 Å². The van der Waals surface area contributed by atoms with Gasteiger partial charge in [-0.3, -0.25) is 19.4 Å². The van der Waals surface area contributed by atoms with Gasteiger partial charge in [0.05, 0.1) is 22.2 Å². The predicted molar refractivity (Wildman–Crippen MR) is 119 cm³/mol. The van der Waals surface area contributed by atoms with Crippen molar-refractivity contribution in [2.45, 2.75) is 33.6 Å². The predicted octanol–water partition coefficient (Wildman–Crippen LogP) is 3.61. The number of nitrogens with zero attached hydrogens (tertiary/aromatic N) is 3. The molecule has 2 aromatic heterocycles. The molecule has 0 aliphatic carbocycles. The second-order valence-electron chi connectivity index (χ2n) is 8.57. The number of piperidine rings is 1. The quantitative estimate of drug-likeness (QED) is 0.751. The van der Waals surface area contributed by atoms with Crippen LogP contribution in [0.3, 0.4) is 0 Å². The van der Waals surface area contributed by atoms with E-state index in [2.05, 4.69) is 20.6 Å². The molecular formula is C22H26ClN5O3. The Labute approximate surface area is 186 Å². The molecule has 31 heavy (non-hydrogen) atoms. The van der Waals surface area contributed by atoms with Crippen molar-refractivity contribution in [1.29, 1.82) is 0 Å². The highest BCUT2D eigenvalue weighted by Gasteiger charge is 2.31. The molecule has 0 saturated carbocycles. The summed E-state index contributed by atoms with van der Waals surface area (Å²) in [5, 5.41) is 6.08. The van der Waals surface area contributed by atoms with Crippen molar-refractivity contribution in [3.05, 3.63) is 47.4 Å². The molecule has 1 aliphatic heterocycles. The van der Waals surface area contributed by atoms with Gasteiger partial charge in [0.2, 0.25) is 11.8 Å². The van der Waals surface area contributed by atoms with Gasteiger partial charge in [0.1, 0.15) is 5.82 Å². The van der Waals surface area contributed by atoms with E-state index in [-0.39, 0.29) is 30.2 Å². The second kappa shape index (κ2) is 9.43. The number of hydrogen-bond acceptors (Lipinski definition) is 5. The fourth-order valence-electron chi connectivity index (χ4n) is 3.21. The molecule has 3 heterocycles. The summed E-state index contributed by atoms with van der Waals surface area (Å²) in [6.45, 7) is 6.21. The Morgan fingerprint density at radius 1 is 1.13 bits per heavy atom. The van der Waals surface area contributed by atoms with Crippen molar-refractivity contribution >= 4 is 40.8 Å². The molecule has 2 N–H and O–H groups in total. The summed E-state index contributed by atoms with van der Waals surface area (Å²) in [6.07, 6.45) is 5.80. The van der Waals surface area contributed by atoms with Crippen molar-refractivity contribution in [3.63, 3.8) is 0 Å². The van der Waals surface area contributed by atoms with Gasteiger partial charge in [0, 0.05) is 37.1 Å². The maximum atomic E-state index is 13.2. The fourth-order valence-corrected chi connectivity index (χ4v) is 3.32. The van der Waals surface area contributed by atoms with Crippen LogP contribution in [0.15, 0.2) is 36.8 Å². The van der Waals surface area contributed by atoms with Gasteiger partial charge >= 0.3 is 0 Å². The number of nitrogens with one attached hydrogen (secondary N) is 2. The first-order valence-electron chi connectivity index (χ1n) is 10.1. The third-order valence-corrected chi connectivity index (χ3v) is 5.26. The van der Waals surface area contributed by atoms with Gasteiger partial charge in [0.15, 0.2) is 0 Å². The zero-order chi connectivity index (χ0) is 22.6. The van der Waals surface area contributed by atoms with E-state index in [9.17, 15) is 14.4 Å². The smallest absolute Gasteiger partial charge is 0.257 e. The molecule has 9 heteroatoms. The van der Waals surface area contributed by atoms with Gasteiger partial charge in [-0.25, -0.2) is 4.98 Å². The lowest BCUT2D eigenvalue weighted by Crippen LogP contribution is -2.44. The summed E-state index contributed by atoms with van der Waals surface area (Å²) in [7, 11) is 0. The minimum absolute atomic E-state index is 0.195. The molecule has 0 aromatic carbocycles. The molecule has 0 bridgehead atoms. The van der Waals surface area contributed by atoms with Crippen molar-refractivity contribution in [2.24, 2.45) is 11.3 Å². The number of anilines is 2. The van der Waals surface area contributed by atoms with Crippen LogP contribution in [0.2, 0.25) is 5.02 Å². The van der Waals surface area contributed by atoms with Gasteiger partial charge in [-0.15, -0.1) is 0 Å². The van der Waals surface area contributed by atoms with Crippen LogP contribution in [0.25, 0.3) is 0 Å². The molecule has 1 fully saturated rings. The van der Waals surface area contributed by atoms with Crippen molar-refractivity contribution < 1.29 is 14.4 Å². The van der Waals surface area contributed by atoms with Crippen LogP contribution in [-0.2, 0) is 9.59 Å². The third-order valence-electron chi connectivity index (χ3n) is 5.04. The molecule has 164 valence electrons. The summed E-state index contributed by atoms with van der Waals surface area (Å²) in [4.78, 5) is 48.0. The summed E-state index contributed by atoms with van der Waals surface area (Å²) < 4.78 is 0. The Balaban J connectivity index is 1.70. The lowest BCUT2D eigenvalue weighted by molar-refractivity contribution is -0.123. The Bertz CT molecular complexity index is 972. The van der Waals surface area contributed by atoms with E-state index in [0.29, 0.717) is 41.5 Å². The van der Waals surface area contributed by atoms with Crippen molar-refractivity contribution in [2.75, 3.05) is 23.7 Å². The molecule has 0 spiro atoms. The molecule has 3 amide bonds. The molecule has 2 aromatic rings. The molecule has 8 nitrogen and oxygen atoms in total. The highest BCUT2D eigenvalue weighted by atomic mass is 35.5. The van der Waals surface area contributed by atoms with Crippen LogP contribution in [-0.4, -0.2) is 45.7 Å². The standard InChI is InChI=1S/C22H26ClN5O3/c1-22(2,3)21(31)26-17-8-9-24-12-16(17)20(30)28-10-4-5-14(13-28)19(29)27-18-7-6-15(23)11-25-18/h6-9,11-12,14H,4-5,10,13H2,1-3H3,(H,24,26,31)(H,25,27,29)/t14-/m1/s1. The Kier molecular flexibility index (Phi) is 6.90. The van der Waals surface area contributed by atoms with Gasteiger partial charge in [-0.05, 0) is 31.0 Å². The zero-order valence-electron chi connectivity index (χ0n) is 17.8. The maximum Gasteiger partial charge on any atom is 0.257 e. The first-order chi connectivity index (χ1) is 14.6. The summed E-state index contributed by atoms with van der Waals surface area (Å²) in [6, 6.07) is 4.89. The normalized spacial score (nSPS) is 16.5. The first-order valence-corrected chi connectivity index (χ1v) is 10.5. The van der Waals surface area contributed by atoms with E-state index in [0.717, 1.165) is 0 Å². The minimum atomic E-state index is -0.604. The van der Waals surface area contributed by atoms with Crippen molar-refractivity contribution in [3.8, 4) is 0 Å². The Morgan fingerprint density at radius 2 is 1.90 bits per heavy atom. The summed E-state index contributed by atoms with van der Waals surface area (Å²) >= 11 is 5.83. The maximum absolute atomic E-state index is 13.2. The monoisotopic (exact) mass is 443 g/mol. The number of likely N-dealkylation sites (tertiary alicyclic amines) is 1. The van der Waals surface area contributed by atoms with Crippen LogP contribution in [0.1, 0.15) is 44.0 Å². The molecule has 1 aliphatic rings. The number of hydrogen-bond donors (Lipinski definition) is 2. The first kappa shape index (κ1) is 22.7. The number of carbonyl (C=O) groups is 3. The van der Waals surface area contributed by atoms with Crippen molar-refractivity contribution in [1.82, 2.24) is 14.9 Å². The number of carbonyl (C=O) groups excluding carboxylic acids is 3. The van der Waals surface area contributed by atoms with Crippen LogP contribution in [0, 0.1) is 11.3 Å².